The van der Waals surface area contributed by atoms with Crippen molar-refractivity contribution < 1.29 is 0 Å². The van der Waals surface area contributed by atoms with Gasteiger partial charge in [-0.25, -0.2) is 0 Å². The van der Waals surface area contributed by atoms with Gasteiger partial charge in [-0.05, 0) is 55.4 Å². The Labute approximate surface area is 200 Å². The molecule has 0 nitrogen and oxygen atoms in total. The lowest BCUT2D eigenvalue weighted by molar-refractivity contribution is 1.65. The molecule has 33 heavy (non-hydrogen) atoms. The molecule has 0 aromatic heterocycles. The van der Waals surface area contributed by atoms with Gasteiger partial charge in [0.1, 0.15) is 0 Å². The predicted molar refractivity (Wildman–Crippen MR) is 149 cm³/mol. The highest BCUT2D eigenvalue weighted by Gasteiger charge is 2.27. The van der Waals surface area contributed by atoms with Gasteiger partial charge in [-0.15, -0.1) is 6.42 Å². The third-order valence-corrected chi connectivity index (χ3v) is 10.6. The topological polar surface area (TPSA) is 0 Å². The molecule has 0 aliphatic rings. The first-order valence-electron chi connectivity index (χ1n) is 11.0. The third-order valence-electron chi connectivity index (χ3n) is 5.30. The van der Waals surface area contributed by atoms with Crippen molar-refractivity contribution in [1.29, 1.82) is 0 Å². The molecule has 2 heteroatoms. The van der Waals surface area contributed by atoms with E-state index in [9.17, 15) is 0 Å². The van der Waals surface area contributed by atoms with Gasteiger partial charge in [0.05, 0.1) is 0 Å². The van der Waals surface area contributed by atoms with Crippen LogP contribution in [0.3, 0.4) is 0 Å². The van der Waals surface area contributed by atoms with Crippen molar-refractivity contribution in [1.82, 2.24) is 0 Å². The highest BCUT2D eigenvalue weighted by molar-refractivity contribution is 7.82. The molecule has 4 aromatic rings. The van der Waals surface area contributed by atoms with Gasteiger partial charge in [-0.3, -0.25) is 0 Å². The summed E-state index contributed by atoms with van der Waals surface area (Å²) in [5.74, 6) is 2.88. The molecule has 0 N–H and O–H groups in total. The highest BCUT2D eigenvalue weighted by Crippen LogP contribution is 2.57. The zero-order valence-corrected chi connectivity index (χ0v) is 20.5. The van der Waals surface area contributed by atoms with E-state index in [0.29, 0.717) is 0 Å². The molecule has 4 rings (SSSR count). The van der Waals surface area contributed by atoms with Crippen LogP contribution < -0.4 is 21.2 Å². The Kier molecular flexibility index (Phi) is 8.06. The second kappa shape index (κ2) is 11.6. The fraction of sp³-hybridized carbons (Fsp3) is 0.0323. The first-order valence-corrected chi connectivity index (χ1v) is 13.6. The van der Waals surface area contributed by atoms with Gasteiger partial charge in [0.2, 0.25) is 0 Å². The Bertz CT molecular complexity index is 1170. The van der Waals surface area contributed by atoms with E-state index in [4.69, 9.17) is 6.42 Å². The van der Waals surface area contributed by atoms with Crippen LogP contribution in [0.1, 0.15) is 6.92 Å². The van der Waals surface area contributed by atoms with Gasteiger partial charge < -0.3 is 0 Å². The molecule has 0 bridgehead atoms. The van der Waals surface area contributed by atoms with E-state index in [1.54, 1.807) is 0 Å². The van der Waals surface area contributed by atoms with Gasteiger partial charge in [0.15, 0.2) is 0 Å². The molecular formula is C31H26P2. The second-order valence-corrected chi connectivity index (χ2v) is 11.8. The molecule has 0 saturated heterocycles. The first-order chi connectivity index (χ1) is 16.3. The summed E-state index contributed by atoms with van der Waals surface area (Å²) in [5, 5.41) is 7.81. The van der Waals surface area contributed by atoms with Crippen LogP contribution >= 0.6 is 15.8 Å². The number of rotatable bonds is 7. The van der Waals surface area contributed by atoms with Crippen molar-refractivity contribution in [3.63, 3.8) is 0 Å². The normalized spacial score (nSPS) is 12.1. The van der Waals surface area contributed by atoms with Gasteiger partial charge in [-0.1, -0.05) is 133 Å². The lowest BCUT2D eigenvalue weighted by atomic mass is 10.4. The van der Waals surface area contributed by atoms with Crippen molar-refractivity contribution in [2.45, 2.75) is 6.92 Å². The van der Waals surface area contributed by atoms with Crippen molar-refractivity contribution in [3.8, 4) is 12.3 Å². The molecule has 0 saturated carbocycles. The monoisotopic (exact) mass is 460 g/mol. The molecule has 0 atom stereocenters. The van der Waals surface area contributed by atoms with E-state index in [-0.39, 0.29) is 0 Å². The number of terminal acetylenes is 1. The van der Waals surface area contributed by atoms with E-state index in [1.165, 1.54) is 31.8 Å². The summed E-state index contributed by atoms with van der Waals surface area (Å²) in [6.45, 7) is 2.14. The molecule has 0 fully saturated rings. The van der Waals surface area contributed by atoms with E-state index in [2.05, 4.69) is 140 Å². The molecule has 4 aromatic carbocycles. The number of hydrogen-bond donors (Lipinski definition) is 0. The predicted octanol–water partition coefficient (Wildman–Crippen LogP) is 6.67. The van der Waals surface area contributed by atoms with E-state index in [1.807, 2.05) is 6.08 Å². The highest BCUT2D eigenvalue weighted by atomic mass is 31.1. The Morgan fingerprint density at radius 3 is 1.12 bits per heavy atom. The summed E-state index contributed by atoms with van der Waals surface area (Å²) in [5.41, 5.74) is 0. The van der Waals surface area contributed by atoms with Crippen molar-refractivity contribution in [2.75, 3.05) is 0 Å². The lowest BCUT2D eigenvalue weighted by Gasteiger charge is -2.29. The number of benzene rings is 4. The third kappa shape index (κ3) is 5.41. The van der Waals surface area contributed by atoms with E-state index >= 15 is 0 Å². The standard InChI is InChI=1S/C31H26P2/c1-3-17-31(33(28-22-13-7-14-23-28)29-24-15-8-16-25-29)30(4-2)32(26-18-9-5-10-19-26)27-20-11-6-12-21-27/h1,4-25H,2H3/b30-4+,31-17+. The maximum Gasteiger partial charge on any atom is 0.00126 e. The van der Waals surface area contributed by atoms with Gasteiger partial charge in [0.25, 0.3) is 0 Å². The largest absolute Gasteiger partial charge is 0.115 e. The summed E-state index contributed by atoms with van der Waals surface area (Å²) < 4.78 is 0. The van der Waals surface area contributed by atoms with Crippen molar-refractivity contribution >= 4 is 37.1 Å². The second-order valence-electron chi connectivity index (χ2n) is 7.38. The van der Waals surface area contributed by atoms with Crippen LogP contribution in [0.25, 0.3) is 0 Å². The Morgan fingerprint density at radius 1 is 0.545 bits per heavy atom. The Balaban J connectivity index is 1.93. The average molecular weight is 460 g/mol. The fourth-order valence-electron chi connectivity index (χ4n) is 3.89. The minimum Gasteiger partial charge on any atom is -0.115 e. The van der Waals surface area contributed by atoms with Crippen LogP contribution in [0.4, 0.5) is 0 Å². The number of allylic oxidation sites excluding steroid dienone is 4. The minimum absolute atomic E-state index is 0.765. The fourth-order valence-corrected chi connectivity index (χ4v) is 9.19. The summed E-state index contributed by atoms with van der Waals surface area (Å²) in [6, 6.07) is 43.2. The molecule has 0 aliphatic heterocycles. The maximum atomic E-state index is 5.96. The van der Waals surface area contributed by atoms with Crippen LogP contribution in [-0.2, 0) is 0 Å². The Morgan fingerprint density at radius 2 is 0.848 bits per heavy atom. The number of hydrogen-bond acceptors (Lipinski definition) is 0. The summed E-state index contributed by atoms with van der Waals surface area (Å²) in [4.78, 5) is 0. The average Bonchev–Trinajstić information content (AvgIpc) is 2.89. The van der Waals surface area contributed by atoms with Gasteiger partial charge in [0, 0.05) is 5.31 Å². The van der Waals surface area contributed by atoms with Crippen LogP contribution in [-0.4, -0.2) is 0 Å². The summed E-state index contributed by atoms with van der Waals surface area (Å²) >= 11 is 0. The minimum atomic E-state index is -0.812. The summed E-state index contributed by atoms with van der Waals surface area (Å²) in [7, 11) is -1.58. The molecule has 160 valence electrons. The smallest absolute Gasteiger partial charge is 0.00126 e. The SMILES string of the molecule is C#C/C=C(\C(=C/C)P(c1ccccc1)c1ccccc1)P(c1ccccc1)c1ccccc1. The van der Waals surface area contributed by atoms with Gasteiger partial charge in [-0.2, -0.15) is 0 Å². The zero-order chi connectivity index (χ0) is 22.9. The van der Waals surface area contributed by atoms with Crippen LogP contribution in [0.5, 0.6) is 0 Å². The van der Waals surface area contributed by atoms with Crippen molar-refractivity contribution in [2.24, 2.45) is 0 Å². The van der Waals surface area contributed by atoms with Crippen LogP contribution in [0.15, 0.2) is 144 Å². The molecule has 0 amide bonds. The molecular weight excluding hydrogens is 434 g/mol. The van der Waals surface area contributed by atoms with Gasteiger partial charge >= 0.3 is 0 Å². The van der Waals surface area contributed by atoms with Crippen LogP contribution in [0, 0.1) is 12.3 Å². The molecule has 0 radical (unpaired) electrons. The summed E-state index contributed by atoms with van der Waals surface area (Å²) in [6.07, 6.45) is 10.2. The zero-order valence-electron chi connectivity index (χ0n) is 18.7. The molecule has 0 unspecified atom stereocenters. The molecule has 0 heterocycles. The van der Waals surface area contributed by atoms with E-state index in [0.717, 1.165) is 0 Å². The quantitative estimate of drug-likeness (QED) is 0.164. The maximum absolute atomic E-state index is 5.96. The van der Waals surface area contributed by atoms with Crippen molar-refractivity contribution in [3.05, 3.63) is 144 Å². The van der Waals surface area contributed by atoms with E-state index < -0.39 is 15.8 Å². The molecule has 0 aliphatic carbocycles. The molecule has 0 spiro atoms. The first kappa shape index (κ1) is 23.0. The lowest BCUT2D eigenvalue weighted by Crippen LogP contribution is -2.18. The Hall–Kier alpha value is -3.22. The van der Waals surface area contributed by atoms with Crippen LogP contribution in [0.2, 0.25) is 0 Å².